The Bertz CT molecular complexity index is 899. The molecule has 0 aliphatic carbocycles. The van der Waals surface area contributed by atoms with Crippen molar-refractivity contribution in [3.05, 3.63) is 60.2 Å². The minimum absolute atomic E-state index is 0.0491. The summed E-state index contributed by atoms with van der Waals surface area (Å²) in [5, 5.41) is 0. The van der Waals surface area contributed by atoms with Crippen LogP contribution in [0.5, 0.6) is 0 Å². The number of carbonyl (C=O) groups excluding carboxylic acids is 1. The number of carbonyl (C=O) groups is 1. The van der Waals surface area contributed by atoms with Crippen LogP contribution in [-0.4, -0.2) is 30.8 Å². The Morgan fingerprint density at radius 2 is 1.71 bits per heavy atom. The third kappa shape index (κ3) is 4.31. The van der Waals surface area contributed by atoms with Crippen LogP contribution in [0.3, 0.4) is 0 Å². The summed E-state index contributed by atoms with van der Waals surface area (Å²) < 4.78 is 12.8. The molecule has 2 atom stereocenters. The second kappa shape index (κ2) is 8.80. The lowest BCUT2D eigenvalue weighted by Gasteiger charge is -2.36. The second-order valence-corrected chi connectivity index (χ2v) is 9.60. The van der Waals surface area contributed by atoms with Crippen LogP contribution < -0.4 is 10.4 Å². The SMILES string of the molecule is CCCCCC1(C)OB(c2ccc(N3CCC(c4ccccc4)C3=O)cc2)OC1(C)C. The van der Waals surface area contributed by atoms with E-state index in [-0.39, 0.29) is 30.1 Å². The maximum absolute atomic E-state index is 13.0. The second-order valence-electron chi connectivity index (χ2n) is 9.60. The van der Waals surface area contributed by atoms with Gasteiger partial charge in [0.25, 0.3) is 0 Å². The Morgan fingerprint density at radius 1 is 1.00 bits per heavy atom. The lowest BCUT2D eigenvalue weighted by molar-refractivity contribution is -0.118. The summed E-state index contributed by atoms with van der Waals surface area (Å²) >= 11 is 0. The molecule has 1 amide bonds. The monoisotopic (exact) mass is 419 g/mol. The molecule has 2 fully saturated rings. The first-order chi connectivity index (χ1) is 14.8. The van der Waals surface area contributed by atoms with Gasteiger partial charge in [-0.25, -0.2) is 0 Å². The van der Waals surface area contributed by atoms with Gasteiger partial charge < -0.3 is 14.2 Å². The third-order valence-electron chi connectivity index (χ3n) is 7.18. The molecule has 0 radical (unpaired) electrons. The van der Waals surface area contributed by atoms with Gasteiger partial charge in [-0.15, -0.1) is 0 Å². The minimum atomic E-state index is -0.373. The number of nitrogens with zero attached hydrogens (tertiary/aromatic N) is 1. The quantitative estimate of drug-likeness (QED) is 0.465. The summed E-state index contributed by atoms with van der Waals surface area (Å²) in [6.45, 7) is 9.39. The van der Waals surface area contributed by atoms with Crippen molar-refractivity contribution in [2.45, 2.75) is 76.9 Å². The van der Waals surface area contributed by atoms with Crippen molar-refractivity contribution in [3.63, 3.8) is 0 Å². The zero-order chi connectivity index (χ0) is 22.1. The van der Waals surface area contributed by atoms with E-state index in [1.807, 2.05) is 59.5 Å². The minimum Gasteiger partial charge on any atom is -0.399 e. The van der Waals surface area contributed by atoms with E-state index in [4.69, 9.17) is 9.31 Å². The highest BCUT2D eigenvalue weighted by Crippen LogP contribution is 2.41. The maximum atomic E-state index is 13.0. The van der Waals surface area contributed by atoms with E-state index in [1.165, 1.54) is 12.8 Å². The zero-order valence-corrected chi connectivity index (χ0v) is 19.3. The number of benzene rings is 2. The van der Waals surface area contributed by atoms with Gasteiger partial charge >= 0.3 is 7.12 Å². The normalized spacial score (nSPS) is 25.4. The van der Waals surface area contributed by atoms with E-state index < -0.39 is 0 Å². The largest absolute Gasteiger partial charge is 0.494 e. The van der Waals surface area contributed by atoms with Crippen molar-refractivity contribution in [3.8, 4) is 0 Å². The first kappa shape index (κ1) is 22.1. The smallest absolute Gasteiger partial charge is 0.399 e. The fourth-order valence-electron chi connectivity index (χ4n) is 4.75. The Labute approximate surface area is 187 Å². The molecule has 0 N–H and O–H groups in total. The Hall–Kier alpha value is -2.11. The molecule has 2 heterocycles. The molecule has 0 aromatic heterocycles. The predicted molar refractivity (Wildman–Crippen MR) is 127 cm³/mol. The van der Waals surface area contributed by atoms with Crippen LogP contribution in [0.1, 0.15) is 71.3 Å². The summed E-state index contributed by atoms with van der Waals surface area (Å²) in [4.78, 5) is 14.9. The van der Waals surface area contributed by atoms with Gasteiger partial charge in [0.15, 0.2) is 0 Å². The first-order valence-electron chi connectivity index (χ1n) is 11.7. The number of hydrogen-bond donors (Lipinski definition) is 0. The molecule has 2 aliphatic rings. The summed E-state index contributed by atoms with van der Waals surface area (Å²) in [5.74, 6) is 0.129. The van der Waals surface area contributed by atoms with Crippen LogP contribution in [0, 0.1) is 0 Å². The molecule has 0 saturated carbocycles. The van der Waals surface area contributed by atoms with Crippen LogP contribution in [0.25, 0.3) is 0 Å². The average Bonchev–Trinajstić information content (AvgIpc) is 3.26. The lowest BCUT2D eigenvalue weighted by atomic mass is 9.79. The van der Waals surface area contributed by atoms with E-state index in [2.05, 4.69) is 27.7 Å². The van der Waals surface area contributed by atoms with Gasteiger partial charge in [-0.1, -0.05) is 68.7 Å². The van der Waals surface area contributed by atoms with Crippen LogP contribution in [0.4, 0.5) is 5.69 Å². The molecular weight excluding hydrogens is 385 g/mol. The van der Waals surface area contributed by atoms with E-state index in [0.717, 1.165) is 42.5 Å². The summed E-state index contributed by atoms with van der Waals surface area (Å²) in [7, 11) is -0.373. The number of anilines is 1. The highest BCUT2D eigenvalue weighted by atomic mass is 16.7. The Kier molecular flexibility index (Phi) is 6.27. The maximum Gasteiger partial charge on any atom is 0.494 e. The van der Waals surface area contributed by atoms with E-state index in [9.17, 15) is 4.79 Å². The van der Waals surface area contributed by atoms with Gasteiger partial charge in [-0.3, -0.25) is 4.79 Å². The van der Waals surface area contributed by atoms with Crippen molar-refractivity contribution < 1.29 is 14.1 Å². The topological polar surface area (TPSA) is 38.8 Å². The Balaban J connectivity index is 1.45. The molecule has 2 aromatic carbocycles. The van der Waals surface area contributed by atoms with Gasteiger partial charge in [-0.05, 0) is 56.8 Å². The van der Waals surface area contributed by atoms with Gasteiger partial charge in [0.1, 0.15) is 0 Å². The average molecular weight is 419 g/mol. The highest BCUT2D eigenvalue weighted by Gasteiger charge is 2.54. The zero-order valence-electron chi connectivity index (χ0n) is 19.3. The van der Waals surface area contributed by atoms with Gasteiger partial charge in [0.05, 0.1) is 17.1 Å². The third-order valence-corrected chi connectivity index (χ3v) is 7.18. The van der Waals surface area contributed by atoms with E-state index >= 15 is 0 Å². The molecule has 0 bridgehead atoms. The van der Waals surface area contributed by atoms with E-state index in [1.54, 1.807) is 0 Å². The molecule has 2 saturated heterocycles. The predicted octanol–water partition coefficient (Wildman–Crippen LogP) is 5.07. The molecule has 2 aromatic rings. The number of amides is 1. The van der Waals surface area contributed by atoms with Crippen LogP contribution in [0.2, 0.25) is 0 Å². The fourth-order valence-corrected chi connectivity index (χ4v) is 4.75. The molecule has 4 nitrogen and oxygen atoms in total. The van der Waals surface area contributed by atoms with Gasteiger partial charge in [0, 0.05) is 12.2 Å². The highest BCUT2D eigenvalue weighted by molar-refractivity contribution is 6.62. The van der Waals surface area contributed by atoms with E-state index in [0.29, 0.717) is 0 Å². The summed E-state index contributed by atoms with van der Waals surface area (Å²) in [5.41, 5.74) is 2.39. The van der Waals surface area contributed by atoms with Gasteiger partial charge in [0.2, 0.25) is 5.91 Å². The Morgan fingerprint density at radius 3 is 2.39 bits per heavy atom. The molecular formula is C26H34BNO3. The van der Waals surface area contributed by atoms with Crippen molar-refractivity contribution in [2.24, 2.45) is 0 Å². The first-order valence-corrected chi connectivity index (χ1v) is 11.7. The van der Waals surface area contributed by atoms with Crippen molar-refractivity contribution in [1.29, 1.82) is 0 Å². The van der Waals surface area contributed by atoms with Crippen molar-refractivity contribution >= 4 is 24.2 Å². The van der Waals surface area contributed by atoms with Crippen LogP contribution in [-0.2, 0) is 14.1 Å². The van der Waals surface area contributed by atoms with Crippen molar-refractivity contribution in [2.75, 3.05) is 11.4 Å². The summed E-state index contributed by atoms with van der Waals surface area (Å²) in [6, 6.07) is 18.2. The summed E-state index contributed by atoms with van der Waals surface area (Å²) in [6.07, 6.45) is 5.39. The number of unbranched alkanes of at least 4 members (excludes halogenated alkanes) is 2. The molecule has 2 unspecified atom stereocenters. The molecule has 0 spiro atoms. The van der Waals surface area contributed by atoms with Gasteiger partial charge in [-0.2, -0.15) is 0 Å². The lowest BCUT2D eigenvalue weighted by Crippen LogP contribution is -2.44. The molecule has 164 valence electrons. The van der Waals surface area contributed by atoms with Crippen LogP contribution >= 0.6 is 0 Å². The molecule has 5 heteroatoms. The number of hydrogen-bond acceptors (Lipinski definition) is 3. The fraction of sp³-hybridized carbons (Fsp3) is 0.500. The molecule has 31 heavy (non-hydrogen) atoms. The molecule has 4 rings (SSSR count). The standard InChI is InChI=1S/C26H34BNO3/c1-5-6-10-18-26(4)25(2,3)30-27(31-26)21-13-15-22(16-14-21)28-19-17-23(24(28)29)20-11-8-7-9-12-20/h7-9,11-16,23H,5-6,10,17-19H2,1-4H3. The molecule has 2 aliphatic heterocycles. The van der Waals surface area contributed by atoms with Crippen LogP contribution in [0.15, 0.2) is 54.6 Å². The number of rotatable bonds is 7. The van der Waals surface area contributed by atoms with Crippen molar-refractivity contribution in [1.82, 2.24) is 0 Å².